The van der Waals surface area contributed by atoms with Crippen molar-refractivity contribution in [1.29, 1.82) is 5.26 Å². The Morgan fingerprint density at radius 3 is 2.41 bits per heavy atom. The second-order valence-electron chi connectivity index (χ2n) is 4.20. The minimum absolute atomic E-state index is 0.0694. The maximum atomic E-state index is 13.5. The highest BCUT2D eigenvalue weighted by atomic mass is 35.5. The Hall–Kier alpha value is -2.36. The van der Waals surface area contributed by atoms with Crippen LogP contribution in [-0.2, 0) is 9.84 Å². The van der Waals surface area contributed by atoms with Crippen molar-refractivity contribution in [3.8, 4) is 6.07 Å². The fraction of sp³-hybridized carbons (Fsp3) is 0. The number of nitrogens with one attached hydrogen (secondary N) is 1. The number of sulfone groups is 1. The molecule has 0 spiro atoms. The van der Waals surface area contributed by atoms with Crippen molar-refractivity contribution in [2.45, 2.75) is 4.90 Å². The van der Waals surface area contributed by atoms with E-state index in [0.717, 1.165) is 6.20 Å². The fourth-order valence-corrected chi connectivity index (χ4v) is 2.84. The van der Waals surface area contributed by atoms with Crippen LogP contribution in [0, 0.1) is 17.1 Å². The largest absolute Gasteiger partial charge is 0.357 e. The second kappa shape index (κ2) is 6.60. The highest BCUT2D eigenvalue weighted by Crippen LogP contribution is 2.21. The van der Waals surface area contributed by atoms with Crippen LogP contribution in [0.1, 0.15) is 0 Å². The van der Waals surface area contributed by atoms with Gasteiger partial charge in [-0.25, -0.2) is 12.8 Å². The summed E-state index contributed by atoms with van der Waals surface area (Å²) in [5.74, 6) is -0.556. The van der Waals surface area contributed by atoms with Crippen molar-refractivity contribution < 1.29 is 12.8 Å². The van der Waals surface area contributed by atoms with Gasteiger partial charge in [-0.15, -0.1) is 0 Å². The van der Waals surface area contributed by atoms with E-state index in [-0.39, 0.29) is 10.6 Å². The van der Waals surface area contributed by atoms with Crippen molar-refractivity contribution in [2.75, 3.05) is 5.32 Å². The first-order chi connectivity index (χ1) is 10.4. The van der Waals surface area contributed by atoms with Crippen molar-refractivity contribution in [3.63, 3.8) is 0 Å². The van der Waals surface area contributed by atoms with E-state index in [9.17, 15) is 12.8 Å². The van der Waals surface area contributed by atoms with E-state index in [0.29, 0.717) is 5.02 Å². The molecule has 0 aliphatic rings. The standard InChI is InChI=1S/C15H10ClFN2O2S/c16-11-5-7-12(8-6-11)22(20,21)13(9-18)10-19-15-4-2-1-3-14(15)17/h1-8,10,19H. The summed E-state index contributed by atoms with van der Waals surface area (Å²) in [6, 6.07) is 12.7. The third-order valence-corrected chi connectivity index (χ3v) is 4.69. The van der Waals surface area contributed by atoms with Gasteiger partial charge in [0.1, 0.15) is 11.9 Å². The van der Waals surface area contributed by atoms with Crippen LogP contribution in [-0.4, -0.2) is 8.42 Å². The minimum atomic E-state index is -3.99. The Kier molecular flexibility index (Phi) is 4.81. The summed E-state index contributed by atoms with van der Waals surface area (Å²) in [7, 11) is -3.99. The van der Waals surface area contributed by atoms with E-state index in [1.165, 1.54) is 42.5 Å². The lowest BCUT2D eigenvalue weighted by molar-refractivity contribution is 0.603. The molecule has 0 aliphatic heterocycles. The number of rotatable bonds is 4. The molecular formula is C15H10ClFN2O2S. The molecule has 0 amide bonds. The lowest BCUT2D eigenvalue weighted by Gasteiger charge is -2.05. The summed E-state index contributed by atoms with van der Waals surface area (Å²) >= 11 is 5.71. The summed E-state index contributed by atoms with van der Waals surface area (Å²) in [4.78, 5) is -0.599. The van der Waals surface area contributed by atoms with Gasteiger partial charge in [-0.05, 0) is 36.4 Å². The summed E-state index contributed by atoms with van der Waals surface area (Å²) in [5.41, 5.74) is 0.0709. The summed E-state index contributed by atoms with van der Waals surface area (Å²) < 4.78 is 38.1. The molecule has 0 radical (unpaired) electrons. The third-order valence-electron chi connectivity index (χ3n) is 2.76. The molecule has 1 N–H and O–H groups in total. The van der Waals surface area contributed by atoms with E-state index in [1.54, 1.807) is 12.1 Å². The zero-order valence-corrected chi connectivity index (χ0v) is 12.7. The molecule has 0 aromatic heterocycles. The Morgan fingerprint density at radius 2 is 1.82 bits per heavy atom. The zero-order chi connectivity index (χ0) is 16.2. The van der Waals surface area contributed by atoms with Crippen LogP contribution in [0.15, 0.2) is 64.5 Å². The van der Waals surface area contributed by atoms with Gasteiger partial charge in [0, 0.05) is 11.2 Å². The molecule has 112 valence electrons. The Morgan fingerprint density at radius 1 is 1.18 bits per heavy atom. The first kappa shape index (κ1) is 16.0. The third kappa shape index (κ3) is 3.45. The van der Waals surface area contributed by atoms with Crippen LogP contribution in [0.5, 0.6) is 0 Å². The topological polar surface area (TPSA) is 70.0 Å². The molecule has 0 atom stereocenters. The van der Waals surface area contributed by atoms with E-state index >= 15 is 0 Å². The Bertz CT molecular complexity index is 856. The molecule has 0 fully saturated rings. The van der Waals surface area contributed by atoms with Crippen LogP contribution < -0.4 is 5.32 Å². The SMILES string of the molecule is N#CC(=CNc1ccccc1F)S(=O)(=O)c1ccc(Cl)cc1. The number of benzene rings is 2. The van der Waals surface area contributed by atoms with Crippen LogP contribution >= 0.6 is 11.6 Å². The van der Waals surface area contributed by atoms with Gasteiger partial charge in [-0.3, -0.25) is 0 Å². The summed E-state index contributed by atoms with van der Waals surface area (Å²) in [5, 5.41) is 11.9. The molecule has 7 heteroatoms. The summed E-state index contributed by atoms with van der Waals surface area (Å²) in [6.07, 6.45) is 0.961. The predicted octanol–water partition coefficient (Wildman–Crippen LogP) is 3.73. The number of hydrogen-bond donors (Lipinski definition) is 1. The number of para-hydroxylation sites is 1. The highest BCUT2D eigenvalue weighted by molar-refractivity contribution is 7.95. The van der Waals surface area contributed by atoms with Gasteiger partial charge in [0.15, 0.2) is 4.91 Å². The van der Waals surface area contributed by atoms with Gasteiger partial charge in [0.25, 0.3) is 0 Å². The number of allylic oxidation sites excluding steroid dienone is 1. The molecule has 0 saturated carbocycles. The van der Waals surface area contributed by atoms with Gasteiger partial charge in [0.05, 0.1) is 10.6 Å². The van der Waals surface area contributed by atoms with E-state index in [4.69, 9.17) is 16.9 Å². The Balaban J connectivity index is 2.35. The van der Waals surface area contributed by atoms with Crippen LogP contribution in [0.25, 0.3) is 0 Å². The lowest BCUT2D eigenvalue weighted by atomic mass is 10.3. The lowest BCUT2D eigenvalue weighted by Crippen LogP contribution is -2.06. The van der Waals surface area contributed by atoms with Gasteiger partial charge in [-0.2, -0.15) is 5.26 Å². The smallest absolute Gasteiger partial charge is 0.218 e. The molecule has 0 heterocycles. The van der Waals surface area contributed by atoms with Crippen molar-refractivity contribution in [3.05, 3.63) is 70.5 Å². The molecule has 0 aliphatic carbocycles. The van der Waals surface area contributed by atoms with Crippen LogP contribution in [0.2, 0.25) is 5.02 Å². The first-order valence-corrected chi connectivity index (χ1v) is 7.93. The molecule has 2 rings (SSSR count). The van der Waals surface area contributed by atoms with Gasteiger partial charge in [-0.1, -0.05) is 23.7 Å². The van der Waals surface area contributed by atoms with Gasteiger partial charge < -0.3 is 5.32 Å². The van der Waals surface area contributed by atoms with E-state index in [1.807, 2.05) is 0 Å². The van der Waals surface area contributed by atoms with Gasteiger partial charge in [0.2, 0.25) is 9.84 Å². The van der Waals surface area contributed by atoms with Crippen LogP contribution in [0.3, 0.4) is 0 Å². The minimum Gasteiger partial charge on any atom is -0.357 e. The molecule has 2 aromatic carbocycles. The molecule has 4 nitrogen and oxygen atoms in total. The predicted molar refractivity (Wildman–Crippen MR) is 82.4 cm³/mol. The molecule has 2 aromatic rings. The summed E-state index contributed by atoms with van der Waals surface area (Å²) in [6.45, 7) is 0. The van der Waals surface area contributed by atoms with Crippen LogP contribution in [0.4, 0.5) is 10.1 Å². The molecule has 0 bridgehead atoms. The number of halogens is 2. The quantitative estimate of drug-likeness (QED) is 0.864. The second-order valence-corrected chi connectivity index (χ2v) is 6.56. The molecule has 0 saturated heterocycles. The monoisotopic (exact) mass is 336 g/mol. The van der Waals surface area contributed by atoms with E-state index < -0.39 is 20.6 Å². The first-order valence-electron chi connectivity index (χ1n) is 6.07. The number of nitriles is 1. The Labute approximate surface area is 132 Å². The van der Waals surface area contributed by atoms with Gasteiger partial charge >= 0.3 is 0 Å². The normalized spacial score (nSPS) is 11.8. The van der Waals surface area contributed by atoms with E-state index in [2.05, 4.69) is 5.32 Å². The molecular weight excluding hydrogens is 327 g/mol. The maximum absolute atomic E-state index is 13.5. The average molecular weight is 337 g/mol. The van der Waals surface area contributed by atoms with Crippen molar-refractivity contribution >= 4 is 27.1 Å². The molecule has 22 heavy (non-hydrogen) atoms. The van der Waals surface area contributed by atoms with Crippen molar-refractivity contribution in [1.82, 2.24) is 0 Å². The zero-order valence-electron chi connectivity index (χ0n) is 11.1. The highest BCUT2D eigenvalue weighted by Gasteiger charge is 2.20. The fourth-order valence-electron chi connectivity index (χ4n) is 1.63. The average Bonchev–Trinajstić information content (AvgIpc) is 2.50. The number of nitrogens with zero attached hydrogens (tertiary/aromatic N) is 1. The van der Waals surface area contributed by atoms with Crippen molar-refractivity contribution in [2.24, 2.45) is 0 Å². The molecule has 0 unspecified atom stereocenters. The number of hydrogen-bond acceptors (Lipinski definition) is 4. The number of anilines is 1. The maximum Gasteiger partial charge on any atom is 0.218 e.